The Morgan fingerprint density at radius 1 is 1.22 bits per heavy atom. The van der Waals surface area contributed by atoms with Crippen LogP contribution in [-0.2, 0) is 12.4 Å². The molecule has 0 atom stereocenters. The summed E-state index contributed by atoms with van der Waals surface area (Å²) in [5.41, 5.74) is 2.35. The van der Waals surface area contributed by atoms with Crippen LogP contribution in [0.15, 0.2) is 35.6 Å². The highest BCUT2D eigenvalue weighted by atomic mass is 32.2. The fraction of sp³-hybridized carbons (Fsp3) is 0.294. The summed E-state index contributed by atoms with van der Waals surface area (Å²) in [6.45, 7) is -1.99. The van der Waals surface area contributed by atoms with Crippen molar-refractivity contribution in [2.24, 2.45) is 0 Å². The Kier molecular flexibility index (Phi) is 5.73. The average molecular weight is 401 g/mol. The molecule has 0 amide bonds. The number of imidazole rings is 1. The van der Waals surface area contributed by atoms with E-state index in [1.165, 1.54) is 31.1 Å². The van der Waals surface area contributed by atoms with Gasteiger partial charge >= 0.3 is 6.18 Å². The molecule has 27 heavy (non-hydrogen) atoms. The van der Waals surface area contributed by atoms with Crippen molar-refractivity contribution >= 4 is 22.8 Å². The third-order valence-corrected chi connectivity index (χ3v) is 4.45. The van der Waals surface area contributed by atoms with Crippen molar-refractivity contribution in [1.82, 2.24) is 15.0 Å². The van der Waals surface area contributed by atoms with Gasteiger partial charge in [0.25, 0.3) is 0 Å². The van der Waals surface area contributed by atoms with Crippen LogP contribution in [0.3, 0.4) is 0 Å². The van der Waals surface area contributed by atoms with Crippen molar-refractivity contribution in [3.05, 3.63) is 41.7 Å². The van der Waals surface area contributed by atoms with E-state index in [0.29, 0.717) is 27.7 Å². The highest BCUT2D eigenvalue weighted by molar-refractivity contribution is 7.98. The Labute approximate surface area is 156 Å². The van der Waals surface area contributed by atoms with Gasteiger partial charge in [0, 0.05) is 18.0 Å². The minimum atomic E-state index is -4.45. The number of rotatable bonds is 7. The molecule has 144 valence electrons. The molecule has 5 nitrogen and oxygen atoms in total. The first-order valence-corrected chi connectivity index (χ1v) is 8.77. The maximum atomic E-state index is 12.7. The second kappa shape index (κ2) is 8.03. The number of alkyl halides is 4. The number of aromatic amines is 1. The number of benzene rings is 1. The molecular weight excluding hydrogens is 386 g/mol. The molecule has 3 rings (SSSR count). The number of H-pyrrole nitrogens is 1. The smallest absolute Gasteiger partial charge is 0.422 e. The number of aromatic nitrogens is 3. The normalized spacial score (nSPS) is 11.7. The molecule has 0 unspecified atom stereocenters. The standard InChI is InChI=1S/C17H15F4N3O2S/c1-25-15-13(22-5-4-14(15)26-9-17(19,20)21)8-27-16-23-11-3-2-10(7-18)6-12(11)24-16/h2-6H,7-9H2,1H3,(H,23,24). The number of nitrogens with zero attached hydrogens (tertiary/aromatic N) is 2. The van der Waals surface area contributed by atoms with E-state index in [1.54, 1.807) is 18.2 Å². The maximum Gasteiger partial charge on any atom is 0.422 e. The first-order chi connectivity index (χ1) is 12.9. The van der Waals surface area contributed by atoms with Crippen molar-refractivity contribution in [2.75, 3.05) is 13.7 Å². The van der Waals surface area contributed by atoms with Gasteiger partial charge in [0.2, 0.25) is 0 Å². The van der Waals surface area contributed by atoms with Crippen LogP contribution in [0.2, 0.25) is 0 Å². The largest absolute Gasteiger partial charge is 0.491 e. The van der Waals surface area contributed by atoms with Gasteiger partial charge in [0.15, 0.2) is 23.3 Å². The lowest BCUT2D eigenvalue weighted by Crippen LogP contribution is -2.19. The van der Waals surface area contributed by atoms with E-state index >= 15 is 0 Å². The van der Waals surface area contributed by atoms with Gasteiger partial charge in [0.1, 0.15) is 6.67 Å². The zero-order valence-corrected chi connectivity index (χ0v) is 15.0. The number of thioether (sulfide) groups is 1. The van der Waals surface area contributed by atoms with Crippen LogP contribution in [0.5, 0.6) is 11.5 Å². The van der Waals surface area contributed by atoms with Gasteiger partial charge in [-0.25, -0.2) is 9.37 Å². The molecule has 0 bridgehead atoms. The van der Waals surface area contributed by atoms with Crippen molar-refractivity contribution in [1.29, 1.82) is 0 Å². The Bertz CT molecular complexity index is 930. The molecule has 1 aromatic carbocycles. The molecule has 0 saturated carbocycles. The molecular formula is C17H15F4N3O2S. The Morgan fingerprint density at radius 2 is 2.04 bits per heavy atom. The third kappa shape index (κ3) is 4.82. The molecule has 3 aromatic rings. The average Bonchev–Trinajstić information content (AvgIpc) is 3.05. The van der Waals surface area contributed by atoms with Crippen LogP contribution in [0.25, 0.3) is 11.0 Å². The van der Waals surface area contributed by atoms with E-state index < -0.39 is 19.5 Å². The monoisotopic (exact) mass is 401 g/mol. The molecule has 2 heterocycles. The molecule has 0 saturated heterocycles. The molecule has 0 aliphatic rings. The van der Waals surface area contributed by atoms with Crippen LogP contribution < -0.4 is 9.47 Å². The summed E-state index contributed by atoms with van der Waals surface area (Å²) in [7, 11) is 1.34. The van der Waals surface area contributed by atoms with Gasteiger partial charge in [-0.1, -0.05) is 17.8 Å². The number of fused-ring (bicyclic) bond motifs is 1. The van der Waals surface area contributed by atoms with Crippen LogP contribution in [0.4, 0.5) is 17.6 Å². The molecule has 0 radical (unpaired) electrons. The van der Waals surface area contributed by atoms with Gasteiger partial charge in [-0.15, -0.1) is 0 Å². The SMILES string of the molecule is COc1c(OCC(F)(F)F)ccnc1CSc1nc2cc(CF)ccc2[nH]1. The van der Waals surface area contributed by atoms with E-state index in [1.807, 2.05) is 0 Å². The van der Waals surface area contributed by atoms with E-state index in [4.69, 9.17) is 9.47 Å². The van der Waals surface area contributed by atoms with Gasteiger partial charge in [-0.05, 0) is 17.7 Å². The summed E-state index contributed by atoms with van der Waals surface area (Å²) in [6.07, 6.45) is -3.09. The minimum Gasteiger partial charge on any atom is -0.491 e. The van der Waals surface area contributed by atoms with Gasteiger partial charge < -0.3 is 14.5 Å². The molecule has 0 fully saturated rings. The summed E-state index contributed by atoms with van der Waals surface area (Å²) in [5.74, 6) is 0.407. The van der Waals surface area contributed by atoms with Crippen molar-refractivity contribution in [3.8, 4) is 11.5 Å². The highest BCUT2D eigenvalue weighted by Gasteiger charge is 2.29. The van der Waals surface area contributed by atoms with Crippen LogP contribution in [0.1, 0.15) is 11.3 Å². The summed E-state index contributed by atoms with van der Waals surface area (Å²) in [6, 6.07) is 6.38. The number of ether oxygens (including phenoxy) is 2. The minimum absolute atomic E-state index is 0.0300. The second-order valence-corrected chi connectivity index (χ2v) is 6.47. The number of methoxy groups -OCH3 is 1. The summed E-state index contributed by atoms with van der Waals surface area (Å²) in [5, 5.41) is 0.575. The fourth-order valence-corrected chi connectivity index (χ4v) is 3.21. The zero-order valence-electron chi connectivity index (χ0n) is 14.1. The first-order valence-electron chi connectivity index (χ1n) is 7.78. The zero-order chi connectivity index (χ0) is 19.4. The maximum absolute atomic E-state index is 12.7. The second-order valence-electron chi connectivity index (χ2n) is 5.51. The number of nitrogens with one attached hydrogen (secondary N) is 1. The van der Waals surface area contributed by atoms with Gasteiger partial charge in [-0.3, -0.25) is 4.98 Å². The summed E-state index contributed by atoms with van der Waals surface area (Å²) >= 11 is 1.29. The molecule has 0 aliphatic heterocycles. The van der Waals surface area contributed by atoms with Crippen LogP contribution in [0, 0.1) is 0 Å². The lowest BCUT2D eigenvalue weighted by Gasteiger charge is -2.14. The van der Waals surface area contributed by atoms with Crippen molar-refractivity contribution in [2.45, 2.75) is 23.8 Å². The predicted molar refractivity (Wildman–Crippen MR) is 92.8 cm³/mol. The topological polar surface area (TPSA) is 60.0 Å². The van der Waals surface area contributed by atoms with Crippen LogP contribution >= 0.6 is 11.8 Å². The fourth-order valence-electron chi connectivity index (χ4n) is 2.38. The number of pyridine rings is 1. The molecule has 0 aliphatic carbocycles. The lowest BCUT2D eigenvalue weighted by molar-refractivity contribution is -0.153. The number of hydrogen-bond donors (Lipinski definition) is 1. The lowest BCUT2D eigenvalue weighted by atomic mass is 10.2. The predicted octanol–water partition coefficient (Wildman–Crippen LogP) is 4.67. The summed E-state index contributed by atoms with van der Waals surface area (Å²) in [4.78, 5) is 11.6. The van der Waals surface area contributed by atoms with E-state index in [-0.39, 0.29) is 11.5 Å². The number of hydrogen-bond acceptors (Lipinski definition) is 5. The molecule has 2 aromatic heterocycles. The van der Waals surface area contributed by atoms with Gasteiger partial charge in [0.05, 0.1) is 23.8 Å². The van der Waals surface area contributed by atoms with E-state index in [0.717, 1.165) is 5.52 Å². The number of halogens is 4. The third-order valence-electron chi connectivity index (χ3n) is 3.56. The quantitative estimate of drug-likeness (QED) is 0.461. The highest BCUT2D eigenvalue weighted by Crippen LogP contribution is 2.34. The van der Waals surface area contributed by atoms with Gasteiger partial charge in [-0.2, -0.15) is 13.2 Å². The molecule has 10 heteroatoms. The summed E-state index contributed by atoms with van der Waals surface area (Å²) < 4.78 is 59.9. The molecule has 0 spiro atoms. The van der Waals surface area contributed by atoms with Crippen molar-refractivity contribution < 1.29 is 27.0 Å². The first kappa shape index (κ1) is 19.3. The van der Waals surface area contributed by atoms with Crippen LogP contribution in [-0.4, -0.2) is 34.8 Å². The Balaban J connectivity index is 1.75. The van der Waals surface area contributed by atoms with Crippen molar-refractivity contribution in [3.63, 3.8) is 0 Å². The van der Waals surface area contributed by atoms with E-state index in [2.05, 4.69) is 15.0 Å². The Hall–Kier alpha value is -2.49. The van der Waals surface area contributed by atoms with E-state index in [9.17, 15) is 17.6 Å². The Morgan fingerprint density at radius 3 is 2.74 bits per heavy atom. The molecule has 1 N–H and O–H groups in total.